The number of unbranched alkanes of at least 4 members (excludes halogenated alkanes) is 2. The van der Waals surface area contributed by atoms with E-state index in [2.05, 4.69) is 16.7 Å². The fraction of sp³-hybridized carbons (Fsp3) is 0.647. The summed E-state index contributed by atoms with van der Waals surface area (Å²) in [7, 11) is 0. The molecule has 1 aliphatic rings. The van der Waals surface area contributed by atoms with E-state index in [0.717, 1.165) is 38.4 Å². The summed E-state index contributed by atoms with van der Waals surface area (Å²) in [6.45, 7) is 6.66. The zero-order valence-electron chi connectivity index (χ0n) is 13.1. The fourth-order valence-corrected chi connectivity index (χ4v) is 3.12. The maximum Gasteiger partial charge on any atom is 0.146 e. The van der Waals surface area contributed by atoms with Crippen LogP contribution in [0.25, 0.3) is 0 Å². The van der Waals surface area contributed by atoms with Crippen LogP contribution in [0.2, 0.25) is 0 Å². The van der Waals surface area contributed by atoms with E-state index in [0.29, 0.717) is 6.04 Å². The SMILES string of the molecule is CCCCCC(CN)N1CCN(c2ccccc2F)CC1. The molecule has 1 atom stereocenters. The first kappa shape index (κ1) is 16.2. The van der Waals surface area contributed by atoms with Gasteiger partial charge < -0.3 is 10.6 Å². The van der Waals surface area contributed by atoms with Gasteiger partial charge in [0.25, 0.3) is 0 Å². The average molecular weight is 293 g/mol. The van der Waals surface area contributed by atoms with Crippen LogP contribution in [0.15, 0.2) is 24.3 Å². The van der Waals surface area contributed by atoms with Crippen LogP contribution in [0, 0.1) is 5.82 Å². The first-order valence-corrected chi connectivity index (χ1v) is 8.19. The van der Waals surface area contributed by atoms with Gasteiger partial charge in [-0.25, -0.2) is 4.39 Å². The lowest BCUT2D eigenvalue weighted by atomic mass is 10.1. The number of benzene rings is 1. The quantitative estimate of drug-likeness (QED) is 0.785. The number of para-hydroxylation sites is 1. The normalized spacial score (nSPS) is 18.0. The highest BCUT2D eigenvalue weighted by atomic mass is 19.1. The Morgan fingerprint density at radius 3 is 2.48 bits per heavy atom. The van der Waals surface area contributed by atoms with Crippen molar-refractivity contribution in [3.63, 3.8) is 0 Å². The van der Waals surface area contributed by atoms with Gasteiger partial charge in [0, 0.05) is 38.8 Å². The average Bonchev–Trinajstić information content (AvgIpc) is 2.53. The first-order chi connectivity index (χ1) is 10.3. The number of rotatable bonds is 7. The van der Waals surface area contributed by atoms with Gasteiger partial charge in [0.2, 0.25) is 0 Å². The topological polar surface area (TPSA) is 32.5 Å². The third-order valence-electron chi connectivity index (χ3n) is 4.44. The van der Waals surface area contributed by atoms with E-state index in [-0.39, 0.29) is 5.82 Å². The third-order valence-corrected chi connectivity index (χ3v) is 4.44. The summed E-state index contributed by atoms with van der Waals surface area (Å²) in [6, 6.07) is 7.53. The van der Waals surface area contributed by atoms with Crippen molar-refractivity contribution in [1.82, 2.24) is 4.90 Å². The molecular formula is C17H28FN3. The van der Waals surface area contributed by atoms with Crippen molar-refractivity contribution in [2.24, 2.45) is 5.73 Å². The molecule has 1 aromatic rings. The highest BCUT2D eigenvalue weighted by Crippen LogP contribution is 2.21. The summed E-state index contributed by atoms with van der Waals surface area (Å²) < 4.78 is 13.8. The molecule has 2 N–H and O–H groups in total. The van der Waals surface area contributed by atoms with Crippen LogP contribution in [0.4, 0.5) is 10.1 Å². The van der Waals surface area contributed by atoms with Gasteiger partial charge in [-0.15, -0.1) is 0 Å². The van der Waals surface area contributed by atoms with Gasteiger partial charge in [-0.05, 0) is 18.6 Å². The standard InChI is InChI=1S/C17H28FN3/c1-2-3-4-7-15(14-19)20-10-12-21(13-11-20)17-9-6-5-8-16(17)18/h5-6,8-9,15H,2-4,7,10-14,19H2,1H3. The van der Waals surface area contributed by atoms with Crippen molar-refractivity contribution in [3.8, 4) is 0 Å². The van der Waals surface area contributed by atoms with E-state index in [4.69, 9.17) is 5.73 Å². The van der Waals surface area contributed by atoms with Gasteiger partial charge in [-0.1, -0.05) is 38.3 Å². The van der Waals surface area contributed by atoms with Crippen LogP contribution in [0.3, 0.4) is 0 Å². The molecule has 0 amide bonds. The predicted molar refractivity (Wildman–Crippen MR) is 87.2 cm³/mol. The molecule has 4 heteroatoms. The predicted octanol–water partition coefficient (Wildman–Crippen LogP) is 2.86. The molecule has 0 aromatic heterocycles. The zero-order chi connectivity index (χ0) is 15.1. The van der Waals surface area contributed by atoms with E-state index in [1.807, 2.05) is 12.1 Å². The number of halogens is 1. The zero-order valence-corrected chi connectivity index (χ0v) is 13.1. The second-order valence-electron chi connectivity index (χ2n) is 5.86. The van der Waals surface area contributed by atoms with E-state index in [1.165, 1.54) is 31.7 Å². The Balaban J connectivity index is 1.86. The molecule has 1 aromatic carbocycles. The molecule has 1 aliphatic heterocycles. The molecular weight excluding hydrogens is 265 g/mol. The second kappa shape index (κ2) is 8.35. The first-order valence-electron chi connectivity index (χ1n) is 8.19. The number of nitrogens with two attached hydrogens (primary N) is 1. The monoisotopic (exact) mass is 293 g/mol. The highest BCUT2D eigenvalue weighted by molar-refractivity contribution is 5.48. The molecule has 0 spiro atoms. The molecule has 0 bridgehead atoms. The summed E-state index contributed by atoms with van der Waals surface area (Å²) in [4.78, 5) is 4.62. The molecule has 1 heterocycles. The summed E-state index contributed by atoms with van der Waals surface area (Å²) in [5.74, 6) is -0.121. The second-order valence-corrected chi connectivity index (χ2v) is 5.86. The van der Waals surface area contributed by atoms with Crippen LogP contribution in [0.1, 0.15) is 32.6 Å². The van der Waals surface area contributed by atoms with Crippen molar-refractivity contribution in [2.75, 3.05) is 37.6 Å². The number of hydrogen-bond donors (Lipinski definition) is 1. The van der Waals surface area contributed by atoms with Crippen molar-refractivity contribution in [3.05, 3.63) is 30.1 Å². The summed E-state index contributed by atoms with van der Waals surface area (Å²) in [5, 5.41) is 0. The van der Waals surface area contributed by atoms with Crippen LogP contribution in [-0.2, 0) is 0 Å². The summed E-state index contributed by atoms with van der Waals surface area (Å²) in [6.07, 6.45) is 4.97. The van der Waals surface area contributed by atoms with Crippen LogP contribution in [-0.4, -0.2) is 43.7 Å². The molecule has 1 fully saturated rings. The van der Waals surface area contributed by atoms with Crippen LogP contribution >= 0.6 is 0 Å². The van der Waals surface area contributed by atoms with Crippen molar-refractivity contribution < 1.29 is 4.39 Å². The van der Waals surface area contributed by atoms with Gasteiger partial charge in [0.05, 0.1) is 5.69 Å². The van der Waals surface area contributed by atoms with Crippen molar-refractivity contribution >= 4 is 5.69 Å². The molecule has 3 nitrogen and oxygen atoms in total. The van der Waals surface area contributed by atoms with E-state index in [9.17, 15) is 4.39 Å². The molecule has 0 aliphatic carbocycles. The molecule has 0 radical (unpaired) electrons. The van der Waals surface area contributed by atoms with E-state index >= 15 is 0 Å². The van der Waals surface area contributed by atoms with Gasteiger partial charge in [0.1, 0.15) is 5.82 Å². The van der Waals surface area contributed by atoms with Gasteiger partial charge in [-0.2, -0.15) is 0 Å². The number of anilines is 1. The van der Waals surface area contributed by atoms with Gasteiger partial charge in [-0.3, -0.25) is 4.90 Å². The lowest BCUT2D eigenvalue weighted by molar-refractivity contribution is 0.177. The maximum atomic E-state index is 13.8. The van der Waals surface area contributed by atoms with Gasteiger partial charge in [0.15, 0.2) is 0 Å². The highest BCUT2D eigenvalue weighted by Gasteiger charge is 2.23. The third kappa shape index (κ3) is 4.42. The largest absolute Gasteiger partial charge is 0.367 e. The Morgan fingerprint density at radius 2 is 1.86 bits per heavy atom. The van der Waals surface area contributed by atoms with Crippen molar-refractivity contribution in [1.29, 1.82) is 0 Å². The Bertz CT molecular complexity index is 416. The smallest absolute Gasteiger partial charge is 0.146 e. The fourth-order valence-electron chi connectivity index (χ4n) is 3.12. The Hall–Kier alpha value is -1.13. The lowest BCUT2D eigenvalue weighted by Crippen LogP contribution is -2.52. The van der Waals surface area contributed by atoms with Crippen LogP contribution in [0.5, 0.6) is 0 Å². The Morgan fingerprint density at radius 1 is 1.14 bits per heavy atom. The lowest BCUT2D eigenvalue weighted by Gasteiger charge is -2.40. The van der Waals surface area contributed by atoms with Gasteiger partial charge >= 0.3 is 0 Å². The van der Waals surface area contributed by atoms with E-state index < -0.39 is 0 Å². The minimum absolute atomic E-state index is 0.121. The number of nitrogens with zero attached hydrogens (tertiary/aromatic N) is 2. The molecule has 21 heavy (non-hydrogen) atoms. The molecule has 1 unspecified atom stereocenters. The minimum Gasteiger partial charge on any atom is -0.367 e. The molecule has 118 valence electrons. The van der Waals surface area contributed by atoms with Crippen molar-refractivity contribution in [2.45, 2.75) is 38.6 Å². The number of piperazine rings is 1. The van der Waals surface area contributed by atoms with E-state index in [1.54, 1.807) is 6.07 Å². The maximum absolute atomic E-state index is 13.8. The summed E-state index contributed by atoms with van der Waals surface area (Å²) >= 11 is 0. The Kier molecular flexibility index (Phi) is 6.46. The molecule has 2 rings (SSSR count). The summed E-state index contributed by atoms with van der Waals surface area (Å²) in [5.41, 5.74) is 6.67. The van der Waals surface area contributed by atoms with Crippen LogP contribution < -0.4 is 10.6 Å². The Labute approximate surface area is 127 Å². The molecule has 0 saturated carbocycles. The molecule has 1 saturated heterocycles. The number of hydrogen-bond acceptors (Lipinski definition) is 3. The minimum atomic E-state index is -0.121.